The molecule has 2 aromatic heterocycles. The van der Waals surface area contributed by atoms with Crippen LogP contribution in [0, 0.1) is 5.92 Å². The van der Waals surface area contributed by atoms with Gasteiger partial charge in [0, 0.05) is 16.8 Å². The molecule has 0 radical (unpaired) electrons. The molecule has 2 atom stereocenters. The molecule has 0 bridgehead atoms. The van der Waals surface area contributed by atoms with Crippen LogP contribution in [0.4, 0.5) is 5.69 Å². The van der Waals surface area contributed by atoms with Gasteiger partial charge in [-0.05, 0) is 42.0 Å². The summed E-state index contributed by atoms with van der Waals surface area (Å²) in [6.07, 6.45) is 1.79. The third kappa shape index (κ3) is 6.12. The Kier molecular flexibility index (Phi) is 7.55. The topological polar surface area (TPSA) is 129 Å². The maximum absolute atomic E-state index is 12.5. The second-order valence-electron chi connectivity index (χ2n) is 7.92. The molecule has 0 fully saturated rings. The van der Waals surface area contributed by atoms with E-state index in [0.717, 1.165) is 10.1 Å². The molecule has 4 N–H and O–H groups in total. The first-order valence-electron chi connectivity index (χ1n) is 10.2. The third-order valence-corrected chi connectivity index (χ3v) is 5.97. The van der Waals surface area contributed by atoms with Crippen molar-refractivity contribution in [2.45, 2.75) is 38.8 Å². The zero-order chi connectivity index (χ0) is 23.3. The minimum atomic E-state index is -1.15. The minimum absolute atomic E-state index is 0.0156. The predicted molar refractivity (Wildman–Crippen MR) is 123 cm³/mol. The maximum Gasteiger partial charge on any atom is 0.321 e. The van der Waals surface area contributed by atoms with Crippen LogP contribution >= 0.6 is 11.3 Å². The van der Waals surface area contributed by atoms with Gasteiger partial charge in [-0.2, -0.15) is 0 Å². The molecule has 8 nitrogen and oxygen atoms in total. The summed E-state index contributed by atoms with van der Waals surface area (Å²) in [6.45, 7) is 3.75. The standard InChI is InChI=1S/C23H25N3O5S/c1-13(2)9-17(22(28)29)26-18(23(30)31)11-15-7-8-16(12-24-15)25-21(27)20-10-14-5-3-4-6-19(14)32-20/h3-8,10,12-13,17-18,26H,9,11H2,1-2H3,(H,25,27)(H,28,29)(H,30,31)/t17-,18-/m0/s1. The van der Waals surface area contributed by atoms with E-state index in [1.165, 1.54) is 17.5 Å². The van der Waals surface area contributed by atoms with Crippen LogP contribution in [0.3, 0.4) is 0 Å². The molecule has 0 spiro atoms. The molecule has 0 aliphatic carbocycles. The molecule has 0 aliphatic heterocycles. The van der Waals surface area contributed by atoms with Crippen LogP contribution in [0.1, 0.15) is 35.6 Å². The summed E-state index contributed by atoms with van der Waals surface area (Å²) < 4.78 is 1.02. The Hall–Kier alpha value is -3.30. The number of carbonyl (C=O) groups excluding carboxylic acids is 1. The van der Waals surface area contributed by atoms with Gasteiger partial charge in [-0.15, -0.1) is 11.3 Å². The summed E-state index contributed by atoms with van der Waals surface area (Å²) in [5, 5.41) is 25.4. The lowest BCUT2D eigenvalue weighted by atomic mass is 10.0. The van der Waals surface area contributed by atoms with Crippen LogP contribution in [-0.2, 0) is 16.0 Å². The highest BCUT2D eigenvalue weighted by atomic mass is 32.1. The predicted octanol–water partition coefficient (Wildman–Crippen LogP) is 3.63. The molecule has 3 aromatic rings. The molecule has 2 heterocycles. The average Bonchev–Trinajstić information content (AvgIpc) is 3.18. The maximum atomic E-state index is 12.5. The van der Waals surface area contributed by atoms with E-state index in [4.69, 9.17) is 0 Å². The summed E-state index contributed by atoms with van der Waals surface area (Å²) >= 11 is 1.40. The van der Waals surface area contributed by atoms with Crippen LogP contribution in [0.15, 0.2) is 48.7 Å². The van der Waals surface area contributed by atoms with Crippen molar-refractivity contribution < 1.29 is 24.6 Å². The molecule has 0 unspecified atom stereocenters. The van der Waals surface area contributed by atoms with Crippen molar-refractivity contribution in [3.8, 4) is 0 Å². The Morgan fingerprint density at radius 1 is 1.03 bits per heavy atom. The summed E-state index contributed by atoms with van der Waals surface area (Å²) in [5.41, 5.74) is 0.956. The van der Waals surface area contributed by atoms with Gasteiger partial charge in [0.25, 0.3) is 5.91 Å². The van der Waals surface area contributed by atoms with Gasteiger partial charge in [0.1, 0.15) is 12.1 Å². The molecule has 0 saturated carbocycles. The smallest absolute Gasteiger partial charge is 0.321 e. The fourth-order valence-electron chi connectivity index (χ4n) is 3.29. The monoisotopic (exact) mass is 455 g/mol. The number of carboxylic acid groups (broad SMARTS) is 2. The van der Waals surface area contributed by atoms with Crippen molar-refractivity contribution in [3.63, 3.8) is 0 Å². The van der Waals surface area contributed by atoms with Crippen LogP contribution in [-0.4, -0.2) is 45.1 Å². The number of carboxylic acids is 2. The van der Waals surface area contributed by atoms with Gasteiger partial charge in [0.15, 0.2) is 0 Å². The van der Waals surface area contributed by atoms with Crippen LogP contribution in [0.5, 0.6) is 0 Å². The molecule has 9 heteroatoms. The van der Waals surface area contributed by atoms with E-state index in [0.29, 0.717) is 22.7 Å². The number of anilines is 1. The van der Waals surface area contributed by atoms with Crippen molar-refractivity contribution in [1.82, 2.24) is 10.3 Å². The van der Waals surface area contributed by atoms with Crippen molar-refractivity contribution in [2.75, 3.05) is 5.32 Å². The van der Waals surface area contributed by atoms with E-state index in [1.807, 2.05) is 44.2 Å². The van der Waals surface area contributed by atoms with Gasteiger partial charge >= 0.3 is 11.9 Å². The number of fused-ring (bicyclic) bond motifs is 1. The first-order chi connectivity index (χ1) is 15.2. The van der Waals surface area contributed by atoms with Crippen LogP contribution in [0.25, 0.3) is 10.1 Å². The van der Waals surface area contributed by atoms with Gasteiger partial charge in [-0.1, -0.05) is 32.0 Å². The van der Waals surface area contributed by atoms with Crippen molar-refractivity contribution in [1.29, 1.82) is 0 Å². The van der Waals surface area contributed by atoms with E-state index in [-0.39, 0.29) is 18.2 Å². The van der Waals surface area contributed by atoms with E-state index < -0.39 is 24.0 Å². The van der Waals surface area contributed by atoms with Crippen LogP contribution < -0.4 is 10.6 Å². The zero-order valence-electron chi connectivity index (χ0n) is 17.7. The number of hydrogen-bond donors (Lipinski definition) is 4. The molecule has 1 aromatic carbocycles. The SMILES string of the molecule is CC(C)C[C@H](N[C@@H](Cc1ccc(NC(=O)c2cc3ccccc3s2)cn1)C(=O)O)C(=O)O. The Morgan fingerprint density at radius 3 is 2.34 bits per heavy atom. The second-order valence-corrected chi connectivity index (χ2v) is 9.01. The summed E-state index contributed by atoms with van der Waals surface area (Å²) in [4.78, 5) is 40.5. The lowest BCUT2D eigenvalue weighted by Gasteiger charge is -2.21. The van der Waals surface area contributed by atoms with Gasteiger partial charge < -0.3 is 15.5 Å². The third-order valence-electron chi connectivity index (χ3n) is 4.85. The Morgan fingerprint density at radius 2 is 1.75 bits per heavy atom. The highest BCUT2D eigenvalue weighted by Crippen LogP contribution is 2.26. The molecule has 168 valence electrons. The Bertz CT molecular complexity index is 1080. The number of rotatable bonds is 10. The van der Waals surface area contributed by atoms with Gasteiger partial charge in [0.2, 0.25) is 0 Å². The molecule has 3 rings (SSSR count). The summed E-state index contributed by atoms with van der Waals surface area (Å²) in [5.74, 6) is -2.38. The number of thiophene rings is 1. The van der Waals surface area contributed by atoms with Gasteiger partial charge in [0.05, 0.1) is 16.8 Å². The molecule has 32 heavy (non-hydrogen) atoms. The molecule has 0 aliphatic rings. The number of carbonyl (C=O) groups is 3. The van der Waals surface area contributed by atoms with Crippen molar-refractivity contribution in [2.24, 2.45) is 5.92 Å². The largest absolute Gasteiger partial charge is 0.480 e. The van der Waals surface area contributed by atoms with Crippen molar-refractivity contribution in [3.05, 3.63) is 59.2 Å². The number of amides is 1. The highest BCUT2D eigenvalue weighted by molar-refractivity contribution is 7.20. The fourth-order valence-corrected chi connectivity index (χ4v) is 4.24. The van der Waals surface area contributed by atoms with E-state index in [9.17, 15) is 24.6 Å². The number of hydrogen-bond acceptors (Lipinski definition) is 6. The number of nitrogens with zero attached hydrogens (tertiary/aromatic N) is 1. The number of aliphatic carboxylic acids is 2. The fraction of sp³-hybridized carbons (Fsp3) is 0.304. The summed E-state index contributed by atoms with van der Waals surface area (Å²) in [6, 6.07) is 10.8. The molecular weight excluding hydrogens is 430 g/mol. The number of aromatic nitrogens is 1. The minimum Gasteiger partial charge on any atom is -0.480 e. The second kappa shape index (κ2) is 10.3. The quantitative estimate of drug-likeness (QED) is 0.367. The zero-order valence-corrected chi connectivity index (χ0v) is 18.6. The number of pyridine rings is 1. The Labute approximate surface area is 189 Å². The van der Waals surface area contributed by atoms with E-state index >= 15 is 0 Å². The Balaban J connectivity index is 1.64. The van der Waals surface area contributed by atoms with E-state index in [2.05, 4.69) is 15.6 Å². The number of benzene rings is 1. The highest BCUT2D eigenvalue weighted by Gasteiger charge is 2.27. The molecular formula is C23H25N3O5S. The lowest BCUT2D eigenvalue weighted by molar-refractivity contribution is -0.142. The van der Waals surface area contributed by atoms with Gasteiger partial charge in [-0.3, -0.25) is 24.7 Å². The normalized spacial score (nSPS) is 13.1. The lowest BCUT2D eigenvalue weighted by Crippen LogP contribution is -2.48. The van der Waals surface area contributed by atoms with E-state index in [1.54, 1.807) is 12.1 Å². The first kappa shape index (κ1) is 23.4. The van der Waals surface area contributed by atoms with Crippen LogP contribution in [0.2, 0.25) is 0 Å². The molecule has 1 amide bonds. The van der Waals surface area contributed by atoms with Crippen molar-refractivity contribution >= 4 is 45.0 Å². The summed E-state index contributed by atoms with van der Waals surface area (Å²) in [7, 11) is 0. The number of nitrogens with one attached hydrogen (secondary N) is 2. The average molecular weight is 456 g/mol. The van der Waals surface area contributed by atoms with Gasteiger partial charge in [-0.25, -0.2) is 0 Å². The molecule has 0 saturated heterocycles. The first-order valence-corrected chi connectivity index (χ1v) is 11.0.